The number of fused-ring (bicyclic) bond motifs is 3. The maximum absolute atomic E-state index is 11.4. The third-order valence-electron chi connectivity index (χ3n) is 7.89. The molecule has 2 aliphatic heterocycles. The molecule has 6 nitrogen and oxygen atoms in total. The maximum atomic E-state index is 11.4. The third kappa shape index (κ3) is 3.65. The van der Waals surface area contributed by atoms with Crippen LogP contribution in [0.2, 0.25) is 0 Å². The summed E-state index contributed by atoms with van der Waals surface area (Å²) in [5, 5.41) is 11.4. The molecule has 3 aliphatic carbocycles. The molecule has 0 bridgehead atoms. The summed E-state index contributed by atoms with van der Waals surface area (Å²) in [7, 11) is 0. The van der Waals surface area contributed by atoms with Gasteiger partial charge in [0, 0.05) is 25.7 Å². The van der Waals surface area contributed by atoms with Crippen LogP contribution in [0, 0.1) is 0 Å². The average Bonchev–Trinajstić information content (AvgIpc) is 3.34. The van der Waals surface area contributed by atoms with Crippen LogP contribution in [0.1, 0.15) is 69.8 Å². The van der Waals surface area contributed by atoms with Gasteiger partial charge < -0.3 is 28.8 Å². The fourth-order valence-corrected chi connectivity index (χ4v) is 6.34. The Hall–Kier alpha value is -1.02. The summed E-state index contributed by atoms with van der Waals surface area (Å²) in [5.74, 6) is -1.15. The Bertz CT molecular complexity index is 757. The quantitative estimate of drug-likeness (QED) is 0.786. The molecule has 1 aromatic carbocycles. The van der Waals surface area contributed by atoms with Gasteiger partial charge in [-0.2, -0.15) is 0 Å². The molecule has 0 radical (unpaired) electrons. The van der Waals surface area contributed by atoms with Crippen molar-refractivity contribution in [1.29, 1.82) is 0 Å². The summed E-state index contributed by atoms with van der Waals surface area (Å²) < 4.78 is 32.6. The molecule has 0 unspecified atom stereocenters. The highest BCUT2D eigenvalue weighted by Crippen LogP contribution is 2.51. The summed E-state index contributed by atoms with van der Waals surface area (Å²) in [6.07, 6.45) is 7.70. The van der Waals surface area contributed by atoms with Gasteiger partial charge in [0.2, 0.25) is 0 Å². The summed E-state index contributed by atoms with van der Waals surface area (Å²) in [5.41, 5.74) is 1.08. The zero-order chi connectivity index (χ0) is 20.9. The van der Waals surface area contributed by atoms with Crippen LogP contribution in [0.25, 0.3) is 0 Å². The Labute approximate surface area is 184 Å². The van der Waals surface area contributed by atoms with Crippen molar-refractivity contribution in [3.8, 4) is 0 Å². The molecular formula is C25H34O6. The third-order valence-corrected chi connectivity index (χ3v) is 7.89. The molecule has 6 rings (SSSR count). The van der Waals surface area contributed by atoms with Gasteiger partial charge in [0.05, 0.1) is 6.61 Å². The Balaban J connectivity index is 1.28. The molecule has 6 heteroatoms. The van der Waals surface area contributed by atoms with E-state index in [9.17, 15) is 5.11 Å². The molecular weight excluding hydrogens is 396 g/mol. The number of hydrogen-bond donors (Lipinski definition) is 1. The van der Waals surface area contributed by atoms with Crippen LogP contribution in [-0.2, 0) is 30.3 Å². The van der Waals surface area contributed by atoms with E-state index in [0.717, 1.165) is 56.9 Å². The van der Waals surface area contributed by atoms with Gasteiger partial charge in [-0.05, 0) is 31.2 Å². The van der Waals surface area contributed by atoms with E-state index < -0.39 is 29.9 Å². The Morgan fingerprint density at radius 2 is 1.23 bits per heavy atom. The first-order valence-electron chi connectivity index (χ1n) is 12.2. The second-order valence-corrected chi connectivity index (χ2v) is 10.0. The van der Waals surface area contributed by atoms with Gasteiger partial charge >= 0.3 is 0 Å². The lowest BCUT2D eigenvalue weighted by molar-refractivity contribution is -0.227. The molecule has 2 spiro atoms. The molecule has 2 saturated heterocycles. The second-order valence-electron chi connectivity index (χ2n) is 10.0. The molecule has 31 heavy (non-hydrogen) atoms. The Morgan fingerprint density at radius 3 is 1.84 bits per heavy atom. The number of rotatable bonds is 3. The van der Waals surface area contributed by atoms with Crippen molar-refractivity contribution in [3.63, 3.8) is 0 Å². The van der Waals surface area contributed by atoms with Crippen molar-refractivity contribution in [2.75, 3.05) is 0 Å². The van der Waals surface area contributed by atoms with Crippen LogP contribution < -0.4 is 0 Å². The van der Waals surface area contributed by atoms with Crippen LogP contribution in [0.15, 0.2) is 30.3 Å². The first kappa shape index (κ1) is 20.6. The molecule has 0 aromatic heterocycles. The predicted molar refractivity (Wildman–Crippen MR) is 112 cm³/mol. The van der Waals surface area contributed by atoms with Crippen LogP contribution in [0.3, 0.4) is 0 Å². The zero-order valence-corrected chi connectivity index (χ0v) is 18.1. The molecule has 0 amide bonds. The van der Waals surface area contributed by atoms with E-state index >= 15 is 0 Å². The highest BCUT2D eigenvalue weighted by atomic mass is 16.8. The van der Waals surface area contributed by atoms with E-state index in [1.165, 1.54) is 12.8 Å². The zero-order valence-electron chi connectivity index (χ0n) is 18.1. The molecule has 1 N–H and O–H groups in total. The first-order valence-corrected chi connectivity index (χ1v) is 12.2. The van der Waals surface area contributed by atoms with E-state index in [1.807, 2.05) is 30.3 Å². The van der Waals surface area contributed by atoms with Crippen LogP contribution in [-0.4, -0.2) is 53.3 Å². The lowest BCUT2D eigenvalue weighted by atomic mass is 9.85. The molecule has 1 aromatic rings. The lowest BCUT2D eigenvalue weighted by Gasteiger charge is -2.40. The number of benzene rings is 1. The number of aliphatic hydroxyl groups is 1. The van der Waals surface area contributed by atoms with Crippen molar-refractivity contribution in [2.24, 2.45) is 0 Å². The van der Waals surface area contributed by atoms with Gasteiger partial charge in [-0.15, -0.1) is 0 Å². The lowest BCUT2D eigenvalue weighted by Crippen LogP contribution is -2.62. The Kier molecular flexibility index (Phi) is 5.37. The molecule has 2 heterocycles. The van der Waals surface area contributed by atoms with Gasteiger partial charge in [0.15, 0.2) is 11.6 Å². The standard InChI is InChI=1S/C25H34O6/c26-18-19(27-16-17-10-4-1-5-11-17)21-23(31-25(29-21)14-8-3-9-15-25)22-20(18)28-24(30-22)12-6-2-7-13-24/h1,4-5,10-11,18-23,26H,2-3,6-9,12-16H2/t18-,19-,20-,21-,22-,23-/m0/s1. The van der Waals surface area contributed by atoms with Crippen LogP contribution >= 0.6 is 0 Å². The largest absolute Gasteiger partial charge is 0.387 e. The first-order chi connectivity index (χ1) is 15.2. The van der Waals surface area contributed by atoms with E-state index in [4.69, 9.17) is 23.7 Å². The minimum absolute atomic E-state index is 0.270. The van der Waals surface area contributed by atoms with Crippen LogP contribution in [0.4, 0.5) is 0 Å². The number of ether oxygens (including phenoxy) is 5. The summed E-state index contributed by atoms with van der Waals surface area (Å²) >= 11 is 0. The van der Waals surface area contributed by atoms with Crippen molar-refractivity contribution in [2.45, 2.75) is 119 Å². The van der Waals surface area contributed by atoms with Crippen molar-refractivity contribution in [3.05, 3.63) is 35.9 Å². The smallest absolute Gasteiger partial charge is 0.169 e. The topological polar surface area (TPSA) is 66.4 Å². The molecule has 5 aliphatic rings. The van der Waals surface area contributed by atoms with Gasteiger partial charge in [-0.1, -0.05) is 43.2 Å². The van der Waals surface area contributed by atoms with E-state index in [0.29, 0.717) is 6.61 Å². The molecule has 170 valence electrons. The normalized spacial score (nSPS) is 40.7. The summed E-state index contributed by atoms with van der Waals surface area (Å²) in [6, 6.07) is 10.1. The minimum Gasteiger partial charge on any atom is -0.387 e. The average molecular weight is 431 g/mol. The highest BCUT2D eigenvalue weighted by molar-refractivity contribution is 5.14. The molecule has 3 saturated carbocycles. The van der Waals surface area contributed by atoms with E-state index in [-0.39, 0.29) is 18.3 Å². The highest BCUT2D eigenvalue weighted by Gasteiger charge is 2.66. The summed E-state index contributed by atoms with van der Waals surface area (Å²) in [6.45, 7) is 0.422. The van der Waals surface area contributed by atoms with Gasteiger partial charge in [0.25, 0.3) is 0 Å². The fourth-order valence-electron chi connectivity index (χ4n) is 6.34. The van der Waals surface area contributed by atoms with E-state index in [1.54, 1.807) is 0 Å². The fraction of sp³-hybridized carbons (Fsp3) is 0.760. The monoisotopic (exact) mass is 430 g/mol. The van der Waals surface area contributed by atoms with Crippen molar-refractivity contribution >= 4 is 0 Å². The number of hydrogen-bond acceptors (Lipinski definition) is 6. The molecule has 6 atom stereocenters. The maximum Gasteiger partial charge on any atom is 0.169 e. The van der Waals surface area contributed by atoms with E-state index in [2.05, 4.69) is 0 Å². The minimum atomic E-state index is -0.807. The van der Waals surface area contributed by atoms with Gasteiger partial charge in [-0.25, -0.2) is 0 Å². The van der Waals surface area contributed by atoms with Crippen molar-refractivity contribution < 1.29 is 28.8 Å². The second kappa shape index (κ2) is 8.08. The molecule has 5 fully saturated rings. The Morgan fingerprint density at radius 1 is 0.710 bits per heavy atom. The van der Waals surface area contributed by atoms with Crippen LogP contribution in [0.5, 0.6) is 0 Å². The predicted octanol–water partition coefficient (Wildman–Crippen LogP) is 3.84. The van der Waals surface area contributed by atoms with Crippen molar-refractivity contribution in [1.82, 2.24) is 0 Å². The summed E-state index contributed by atoms with van der Waals surface area (Å²) in [4.78, 5) is 0. The number of aliphatic hydroxyl groups excluding tert-OH is 1. The SMILES string of the molecule is O[C@H]1[C@H](OCc2ccccc2)[C@@H]2OC3(CCCCC3)O[C@@H]2[C@H]2OC3(CCCCC3)O[C@@H]12. The van der Waals surface area contributed by atoms with Gasteiger partial charge in [0.1, 0.15) is 36.6 Å². The van der Waals surface area contributed by atoms with Gasteiger partial charge in [-0.3, -0.25) is 0 Å².